The highest BCUT2D eigenvalue weighted by molar-refractivity contribution is 6.33. The van der Waals surface area contributed by atoms with Crippen molar-refractivity contribution in [1.82, 2.24) is 14.9 Å². The van der Waals surface area contributed by atoms with Gasteiger partial charge in [0.15, 0.2) is 0 Å². The molecule has 0 N–H and O–H groups in total. The van der Waals surface area contributed by atoms with Gasteiger partial charge >= 0.3 is 0 Å². The van der Waals surface area contributed by atoms with E-state index in [1.54, 1.807) is 13.1 Å². The minimum Gasteiger partial charge on any atom is -0.343 e. The fraction of sp³-hybridized carbons (Fsp3) is 0.353. The number of rotatable bonds is 2. The van der Waals surface area contributed by atoms with E-state index >= 15 is 0 Å². The zero-order valence-corrected chi connectivity index (χ0v) is 13.3. The lowest BCUT2D eigenvalue weighted by molar-refractivity contribution is -0.129. The molecule has 1 amide bonds. The topological polar surface area (TPSA) is 46.1 Å². The van der Waals surface area contributed by atoms with Crippen LogP contribution < -0.4 is 0 Å². The normalized spacial score (nSPS) is 15.8. The van der Waals surface area contributed by atoms with Crippen LogP contribution in [0.4, 0.5) is 0 Å². The fourth-order valence-electron chi connectivity index (χ4n) is 2.85. The van der Waals surface area contributed by atoms with Gasteiger partial charge in [0.2, 0.25) is 5.91 Å². The van der Waals surface area contributed by atoms with Crippen LogP contribution in [-0.4, -0.2) is 33.9 Å². The lowest BCUT2D eigenvalue weighted by Gasteiger charge is -2.30. The summed E-state index contributed by atoms with van der Waals surface area (Å²) in [4.78, 5) is 22.3. The SMILES string of the molecule is CC(=O)N1CCC(c2cnc(-c3ccccc3Cl)cn2)CC1. The van der Waals surface area contributed by atoms with E-state index in [0.717, 1.165) is 42.9 Å². The van der Waals surface area contributed by atoms with Gasteiger partial charge in [-0.05, 0) is 18.9 Å². The number of carbonyl (C=O) groups excluding carboxylic acids is 1. The first kappa shape index (κ1) is 15.0. The van der Waals surface area contributed by atoms with Gasteiger partial charge in [0.1, 0.15) is 0 Å². The maximum atomic E-state index is 11.4. The van der Waals surface area contributed by atoms with Gasteiger partial charge in [0, 0.05) is 37.7 Å². The molecule has 0 bridgehead atoms. The van der Waals surface area contributed by atoms with E-state index in [2.05, 4.69) is 9.97 Å². The van der Waals surface area contributed by atoms with Crippen LogP contribution in [0.25, 0.3) is 11.3 Å². The third-order valence-corrected chi connectivity index (χ3v) is 4.51. The van der Waals surface area contributed by atoms with Gasteiger partial charge in [-0.3, -0.25) is 14.8 Å². The molecule has 0 atom stereocenters. The van der Waals surface area contributed by atoms with Crippen molar-refractivity contribution < 1.29 is 4.79 Å². The Bertz CT molecular complexity index is 664. The highest BCUT2D eigenvalue weighted by Crippen LogP contribution is 2.29. The third kappa shape index (κ3) is 3.12. The van der Waals surface area contributed by atoms with Crippen LogP contribution in [0, 0.1) is 0 Å². The Hall–Kier alpha value is -1.94. The summed E-state index contributed by atoms with van der Waals surface area (Å²) in [5.41, 5.74) is 2.68. The van der Waals surface area contributed by atoms with Gasteiger partial charge in [-0.2, -0.15) is 0 Å². The predicted octanol–water partition coefficient (Wildman–Crippen LogP) is 3.52. The van der Waals surface area contributed by atoms with Crippen LogP contribution in [0.1, 0.15) is 31.4 Å². The van der Waals surface area contributed by atoms with Gasteiger partial charge < -0.3 is 4.90 Å². The molecule has 2 aromatic rings. The molecule has 1 aliphatic heterocycles. The number of hydrogen-bond donors (Lipinski definition) is 0. The molecule has 1 aromatic heterocycles. The minimum atomic E-state index is 0.151. The summed E-state index contributed by atoms with van der Waals surface area (Å²) in [5.74, 6) is 0.530. The van der Waals surface area contributed by atoms with Crippen molar-refractivity contribution in [3.8, 4) is 11.3 Å². The fourth-order valence-corrected chi connectivity index (χ4v) is 3.08. The van der Waals surface area contributed by atoms with Crippen molar-refractivity contribution in [1.29, 1.82) is 0 Å². The lowest BCUT2D eigenvalue weighted by Crippen LogP contribution is -2.36. The highest BCUT2D eigenvalue weighted by Gasteiger charge is 2.23. The standard InChI is InChI=1S/C17H18ClN3O/c1-12(22)21-8-6-13(7-9-21)16-10-20-17(11-19-16)14-4-2-3-5-15(14)18/h2-5,10-11,13H,6-9H2,1H3. The maximum absolute atomic E-state index is 11.4. The molecule has 114 valence electrons. The second-order valence-electron chi connectivity index (χ2n) is 5.59. The Morgan fingerprint density at radius 3 is 2.50 bits per heavy atom. The summed E-state index contributed by atoms with van der Waals surface area (Å²) in [6, 6.07) is 7.63. The van der Waals surface area contributed by atoms with Crippen molar-refractivity contribution in [3.63, 3.8) is 0 Å². The molecule has 0 saturated carbocycles. The van der Waals surface area contributed by atoms with Gasteiger partial charge in [-0.25, -0.2) is 0 Å². The molecule has 1 saturated heterocycles. The molecular formula is C17H18ClN3O. The zero-order chi connectivity index (χ0) is 15.5. The second kappa shape index (κ2) is 6.44. The Morgan fingerprint density at radius 1 is 1.18 bits per heavy atom. The average molecular weight is 316 g/mol. The summed E-state index contributed by atoms with van der Waals surface area (Å²) < 4.78 is 0. The molecule has 1 aliphatic rings. The molecule has 1 fully saturated rings. The number of amides is 1. The first-order valence-electron chi connectivity index (χ1n) is 7.47. The summed E-state index contributed by atoms with van der Waals surface area (Å²) in [6.45, 7) is 3.22. The second-order valence-corrected chi connectivity index (χ2v) is 5.99. The van der Waals surface area contributed by atoms with E-state index in [1.165, 1.54) is 0 Å². The van der Waals surface area contributed by atoms with Crippen molar-refractivity contribution in [3.05, 3.63) is 47.4 Å². The maximum Gasteiger partial charge on any atom is 0.219 e. The Morgan fingerprint density at radius 2 is 1.91 bits per heavy atom. The molecule has 3 rings (SSSR count). The Labute approximate surface area is 135 Å². The van der Waals surface area contributed by atoms with E-state index in [-0.39, 0.29) is 5.91 Å². The van der Waals surface area contributed by atoms with E-state index < -0.39 is 0 Å². The van der Waals surface area contributed by atoms with Crippen LogP contribution in [0.5, 0.6) is 0 Å². The number of likely N-dealkylation sites (tertiary alicyclic amines) is 1. The van der Waals surface area contributed by atoms with Crippen molar-refractivity contribution in [2.24, 2.45) is 0 Å². The smallest absolute Gasteiger partial charge is 0.219 e. The molecule has 1 aromatic carbocycles. The molecule has 2 heterocycles. The zero-order valence-electron chi connectivity index (χ0n) is 12.5. The quantitative estimate of drug-likeness (QED) is 0.851. The number of benzene rings is 1. The number of nitrogens with zero attached hydrogens (tertiary/aromatic N) is 3. The molecule has 22 heavy (non-hydrogen) atoms. The summed E-state index contributed by atoms with van der Waals surface area (Å²) in [6.07, 6.45) is 5.51. The number of piperidine rings is 1. The number of hydrogen-bond acceptors (Lipinski definition) is 3. The monoisotopic (exact) mass is 315 g/mol. The van der Waals surface area contributed by atoms with E-state index in [0.29, 0.717) is 10.9 Å². The van der Waals surface area contributed by atoms with Gasteiger partial charge in [-0.15, -0.1) is 0 Å². The third-order valence-electron chi connectivity index (χ3n) is 4.18. The molecule has 0 spiro atoms. The average Bonchev–Trinajstić information content (AvgIpc) is 2.56. The summed E-state index contributed by atoms with van der Waals surface area (Å²) in [7, 11) is 0. The summed E-state index contributed by atoms with van der Waals surface area (Å²) in [5, 5.41) is 0.680. The molecular weight excluding hydrogens is 298 g/mol. The Kier molecular flexibility index (Phi) is 4.39. The van der Waals surface area contributed by atoms with Crippen LogP contribution >= 0.6 is 11.6 Å². The van der Waals surface area contributed by atoms with Crippen molar-refractivity contribution >= 4 is 17.5 Å². The lowest BCUT2D eigenvalue weighted by atomic mass is 9.93. The van der Waals surface area contributed by atoms with Crippen LogP contribution in [0.15, 0.2) is 36.7 Å². The van der Waals surface area contributed by atoms with Gasteiger partial charge in [-0.1, -0.05) is 29.8 Å². The molecule has 0 aliphatic carbocycles. The van der Waals surface area contributed by atoms with E-state index in [1.807, 2.05) is 35.4 Å². The van der Waals surface area contributed by atoms with Crippen LogP contribution in [0.3, 0.4) is 0 Å². The van der Waals surface area contributed by atoms with E-state index in [4.69, 9.17) is 11.6 Å². The first-order chi connectivity index (χ1) is 10.6. The first-order valence-corrected chi connectivity index (χ1v) is 7.85. The van der Waals surface area contributed by atoms with E-state index in [9.17, 15) is 4.79 Å². The largest absolute Gasteiger partial charge is 0.343 e. The highest BCUT2D eigenvalue weighted by atomic mass is 35.5. The van der Waals surface area contributed by atoms with Gasteiger partial charge in [0.05, 0.1) is 22.6 Å². The number of halogens is 1. The van der Waals surface area contributed by atoms with Crippen LogP contribution in [0.2, 0.25) is 5.02 Å². The predicted molar refractivity (Wildman–Crippen MR) is 86.7 cm³/mol. The van der Waals surface area contributed by atoms with Crippen molar-refractivity contribution in [2.75, 3.05) is 13.1 Å². The molecule has 5 heteroatoms. The molecule has 0 radical (unpaired) electrons. The van der Waals surface area contributed by atoms with Crippen molar-refractivity contribution in [2.45, 2.75) is 25.7 Å². The minimum absolute atomic E-state index is 0.151. The van der Waals surface area contributed by atoms with Crippen LogP contribution in [-0.2, 0) is 4.79 Å². The van der Waals surface area contributed by atoms with Gasteiger partial charge in [0.25, 0.3) is 0 Å². The number of aromatic nitrogens is 2. The molecule has 0 unspecified atom stereocenters. The molecule has 4 nitrogen and oxygen atoms in total. The summed E-state index contributed by atoms with van der Waals surface area (Å²) >= 11 is 6.19. The Balaban J connectivity index is 1.73. The number of carbonyl (C=O) groups is 1.